The highest BCUT2D eigenvalue weighted by atomic mass is 16.2. The number of nitriles is 1. The smallest absolute Gasteiger partial charge is 0.283 e. The third-order valence-electron chi connectivity index (χ3n) is 6.45. The second kappa shape index (κ2) is 9.34. The number of aliphatic hydroxyl groups excluding tert-OH is 1. The van der Waals surface area contributed by atoms with Crippen molar-refractivity contribution in [3.8, 4) is 6.26 Å². The third kappa shape index (κ3) is 5.20. The van der Waals surface area contributed by atoms with Gasteiger partial charge in [0.1, 0.15) is 0 Å². The van der Waals surface area contributed by atoms with Gasteiger partial charge in [-0.1, -0.05) is 64.2 Å². The molecule has 2 nitrogen and oxygen atoms in total. The topological polar surface area (TPSA) is 44.0 Å². The molecule has 0 aliphatic heterocycles. The van der Waals surface area contributed by atoms with Crippen LogP contribution in [0.15, 0.2) is 0 Å². The lowest BCUT2D eigenvalue weighted by Crippen LogP contribution is -2.27. The Kier molecular flexibility index (Phi) is 7.41. The van der Waals surface area contributed by atoms with Crippen LogP contribution in [-0.2, 0) is 0 Å². The first kappa shape index (κ1) is 16.7. The highest BCUT2D eigenvalue weighted by Gasteiger charge is 2.32. The lowest BCUT2D eigenvalue weighted by Gasteiger charge is -2.39. The maximum Gasteiger partial charge on any atom is 0.283 e. The van der Waals surface area contributed by atoms with Gasteiger partial charge in [0.05, 0.1) is 0 Å². The summed E-state index contributed by atoms with van der Waals surface area (Å²) in [6.07, 6.45) is 22.6. The number of aliphatic hydroxyl groups is 1. The molecule has 0 bridgehead atoms. The van der Waals surface area contributed by atoms with Crippen LogP contribution in [0.4, 0.5) is 0 Å². The fourth-order valence-electron chi connectivity index (χ4n) is 5.30. The normalized spacial score (nSPS) is 31.8. The van der Waals surface area contributed by atoms with Gasteiger partial charge in [-0.3, -0.25) is 0 Å². The quantitative estimate of drug-likeness (QED) is 0.654. The highest BCUT2D eigenvalue weighted by Crippen LogP contribution is 2.44. The zero-order valence-electron chi connectivity index (χ0n) is 13.6. The summed E-state index contributed by atoms with van der Waals surface area (Å²) in [6.45, 7) is 0. The van der Waals surface area contributed by atoms with Crippen molar-refractivity contribution >= 4 is 0 Å². The average molecular weight is 291 g/mol. The molecule has 0 aromatic carbocycles. The number of hydrogen-bond donors (Lipinski definition) is 1. The van der Waals surface area contributed by atoms with E-state index in [1.165, 1.54) is 38.5 Å². The summed E-state index contributed by atoms with van der Waals surface area (Å²) in [7, 11) is 0. The molecule has 21 heavy (non-hydrogen) atoms. The predicted octanol–water partition coefficient (Wildman–Crippen LogP) is 5.79. The summed E-state index contributed by atoms with van der Waals surface area (Å²) in [6, 6.07) is 0. The molecule has 0 radical (unpaired) electrons. The Morgan fingerprint density at radius 3 is 1.05 bits per heavy atom. The molecule has 0 saturated heterocycles. The van der Waals surface area contributed by atoms with E-state index in [9.17, 15) is 0 Å². The van der Waals surface area contributed by atoms with Crippen LogP contribution in [0.2, 0.25) is 0 Å². The SMILES string of the molecule is C1CCC(C2CCC(C3CCCCC3)CC2)CC1.N#CO. The maximum atomic E-state index is 6.88. The first-order valence-electron chi connectivity index (χ1n) is 9.38. The average Bonchev–Trinajstić information content (AvgIpc) is 2.57. The van der Waals surface area contributed by atoms with Crippen LogP contribution in [0.5, 0.6) is 0 Å². The molecule has 2 heteroatoms. The fourth-order valence-corrected chi connectivity index (χ4v) is 5.30. The second-order valence-corrected chi connectivity index (χ2v) is 7.57. The largest absolute Gasteiger partial charge is 0.443 e. The molecule has 120 valence electrons. The van der Waals surface area contributed by atoms with E-state index in [1.54, 1.807) is 51.4 Å². The lowest BCUT2D eigenvalue weighted by molar-refractivity contribution is 0.123. The zero-order chi connectivity index (χ0) is 14.9. The molecule has 0 spiro atoms. The molecule has 0 heterocycles. The molecule has 3 aliphatic rings. The van der Waals surface area contributed by atoms with Crippen molar-refractivity contribution in [2.75, 3.05) is 0 Å². The van der Waals surface area contributed by atoms with E-state index in [4.69, 9.17) is 10.4 Å². The lowest BCUT2D eigenvalue weighted by atomic mass is 9.66. The van der Waals surface area contributed by atoms with Crippen molar-refractivity contribution in [3.05, 3.63) is 0 Å². The van der Waals surface area contributed by atoms with E-state index >= 15 is 0 Å². The van der Waals surface area contributed by atoms with Gasteiger partial charge in [0.2, 0.25) is 0 Å². The van der Waals surface area contributed by atoms with E-state index in [1.807, 2.05) is 0 Å². The Morgan fingerprint density at radius 1 is 0.524 bits per heavy atom. The molecular weight excluding hydrogens is 258 g/mol. The van der Waals surface area contributed by atoms with E-state index < -0.39 is 0 Å². The molecule has 3 fully saturated rings. The highest BCUT2D eigenvalue weighted by molar-refractivity contribution is 4.83. The Morgan fingerprint density at radius 2 is 0.762 bits per heavy atom. The van der Waals surface area contributed by atoms with Gasteiger partial charge in [-0.15, -0.1) is 0 Å². The van der Waals surface area contributed by atoms with Crippen molar-refractivity contribution < 1.29 is 5.11 Å². The van der Waals surface area contributed by atoms with Crippen LogP contribution >= 0.6 is 0 Å². The van der Waals surface area contributed by atoms with Crippen molar-refractivity contribution in [3.63, 3.8) is 0 Å². The van der Waals surface area contributed by atoms with Gasteiger partial charge in [0.15, 0.2) is 0 Å². The van der Waals surface area contributed by atoms with Crippen LogP contribution in [0.3, 0.4) is 0 Å². The molecule has 0 amide bonds. The maximum absolute atomic E-state index is 6.88. The van der Waals surface area contributed by atoms with Crippen molar-refractivity contribution in [1.82, 2.24) is 0 Å². The van der Waals surface area contributed by atoms with Crippen LogP contribution in [0.1, 0.15) is 89.9 Å². The molecule has 0 aromatic heterocycles. The van der Waals surface area contributed by atoms with E-state index in [2.05, 4.69) is 0 Å². The number of hydrogen-bond acceptors (Lipinski definition) is 2. The van der Waals surface area contributed by atoms with Crippen LogP contribution < -0.4 is 0 Å². The molecule has 0 atom stereocenters. The van der Waals surface area contributed by atoms with Gasteiger partial charge in [-0.2, -0.15) is 5.26 Å². The summed E-state index contributed by atoms with van der Waals surface area (Å²) < 4.78 is 0. The minimum absolute atomic E-state index is 0.750. The standard InChI is InChI=1S/C18H32.CHNO/c1-3-7-15(8-4-1)17-11-13-18(14-12-17)16-9-5-2-6-10-16;2-1-3/h15-18H,1-14H2;3H. The summed E-state index contributed by atoms with van der Waals surface area (Å²) >= 11 is 0. The molecule has 1 N–H and O–H groups in total. The van der Waals surface area contributed by atoms with Gasteiger partial charge >= 0.3 is 0 Å². The van der Waals surface area contributed by atoms with Gasteiger partial charge in [-0.25, -0.2) is 0 Å². The van der Waals surface area contributed by atoms with Gasteiger partial charge < -0.3 is 5.11 Å². The predicted molar refractivity (Wildman–Crippen MR) is 86.1 cm³/mol. The van der Waals surface area contributed by atoms with Gasteiger partial charge in [-0.05, 0) is 49.4 Å². The fraction of sp³-hybridized carbons (Fsp3) is 0.947. The molecule has 3 rings (SSSR count). The van der Waals surface area contributed by atoms with Crippen LogP contribution in [0.25, 0.3) is 0 Å². The van der Waals surface area contributed by atoms with Gasteiger partial charge in [0.25, 0.3) is 6.26 Å². The van der Waals surface area contributed by atoms with Crippen LogP contribution in [-0.4, -0.2) is 5.11 Å². The molecule has 0 unspecified atom stereocenters. The third-order valence-corrected chi connectivity index (χ3v) is 6.45. The molecule has 3 aliphatic carbocycles. The zero-order valence-corrected chi connectivity index (χ0v) is 13.6. The Bertz CT molecular complexity index is 276. The number of nitrogens with zero attached hydrogens (tertiary/aromatic N) is 1. The number of rotatable bonds is 2. The first-order valence-corrected chi connectivity index (χ1v) is 9.38. The van der Waals surface area contributed by atoms with Crippen molar-refractivity contribution in [2.24, 2.45) is 23.7 Å². The Labute approximate surface area is 130 Å². The molecule has 0 aromatic rings. The monoisotopic (exact) mass is 291 g/mol. The molecular formula is C19H33NO. The first-order chi connectivity index (χ1) is 10.3. The van der Waals surface area contributed by atoms with E-state index in [0.717, 1.165) is 29.9 Å². The summed E-state index contributed by atoms with van der Waals surface area (Å²) in [4.78, 5) is 0. The summed E-state index contributed by atoms with van der Waals surface area (Å²) in [5.41, 5.74) is 0. The minimum Gasteiger partial charge on any atom is -0.443 e. The Balaban J connectivity index is 0.000000497. The van der Waals surface area contributed by atoms with E-state index in [0.29, 0.717) is 0 Å². The van der Waals surface area contributed by atoms with Crippen LogP contribution in [0, 0.1) is 35.2 Å². The van der Waals surface area contributed by atoms with Crippen molar-refractivity contribution in [2.45, 2.75) is 89.9 Å². The molecule has 3 saturated carbocycles. The van der Waals surface area contributed by atoms with Crippen molar-refractivity contribution in [1.29, 1.82) is 5.26 Å². The van der Waals surface area contributed by atoms with E-state index in [-0.39, 0.29) is 0 Å². The van der Waals surface area contributed by atoms with Gasteiger partial charge in [0, 0.05) is 0 Å². The summed E-state index contributed by atoms with van der Waals surface area (Å²) in [5.74, 6) is 4.52. The second-order valence-electron chi connectivity index (χ2n) is 7.57. The summed E-state index contributed by atoms with van der Waals surface area (Å²) in [5, 5.41) is 13.8. The minimum atomic E-state index is 0.750. The Hall–Kier alpha value is -0.710.